The molecule has 2 aromatic rings. The Balaban J connectivity index is 2.62. The summed E-state index contributed by atoms with van der Waals surface area (Å²) in [6.45, 7) is 1.91. The standard InChI is InChI=1S/C11H11ClFN3O3S/c1-3-16-10(14-15-11(16)20(12,17)18)8-5-4-7(19-2)6-9(8)13/h4-6H,3H2,1-2H3. The molecule has 0 unspecified atom stereocenters. The van der Waals surface area contributed by atoms with Crippen LogP contribution in [0.5, 0.6) is 5.75 Å². The Morgan fingerprint density at radius 2 is 2.10 bits per heavy atom. The van der Waals surface area contributed by atoms with Gasteiger partial charge in [-0.1, -0.05) is 0 Å². The average Bonchev–Trinajstić information content (AvgIpc) is 2.81. The van der Waals surface area contributed by atoms with Gasteiger partial charge in [0.15, 0.2) is 5.82 Å². The van der Waals surface area contributed by atoms with Crippen LogP contribution in [0.25, 0.3) is 11.4 Å². The molecule has 1 aromatic heterocycles. The maximum absolute atomic E-state index is 14.0. The highest BCUT2D eigenvalue weighted by molar-refractivity contribution is 8.13. The summed E-state index contributed by atoms with van der Waals surface area (Å²) in [5.74, 6) is -0.157. The molecule has 1 heterocycles. The van der Waals surface area contributed by atoms with Crippen LogP contribution in [-0.2, 0) is 15.6 Å². The molecule has 0 saturated heterocycles. The molecular formula is C11H11ClFN3O3S. The lowest BCUT2D eigenvalue weighted by Crippen LogP contribution is -2.06. The van der Waals surface area contributed by atoms with Crippen molar-refractivity contribution in [2.45, 2.75) is 18.6 Å². The number of hydrogen-bond acceptors (Lipinski definition) is 5. The fourth-order valence-electron chi connectivity index (χ4n) is 1.76. The molecule has 0 aliphatic rings. The fourth-order valence-corrected chi connectivity index (χ4v) is 2.72. The Hall–Kier alpha value is -1.67. The van der Waals surface area contributed by atoms with E-state index >= 15 is 0 Å². The second-order valence-corrected chi connectivity index (χ2v) is 6.29. The number of halogens is 2. The highest BCUT2D eigenvalue weighted by Crippen LogP contribution is 2.27. The molecule has 0 aliphatic carbocycles. The molecule has 0 spiro atoms. The van der Waals surface area contributed by atoms with Gasteiger partial charge in [0.05, 0.1) is 12.7 Å². The highest BCUT2D eigenvalue weighted by Gasteiger charge is 2.23. The third kappa shape index (κ3) is 2.61. The van der Waals surface area contributed by atoms with Gasteiger partial charge in [-0.25, -0.2) is 12.8 Å². The number of nitrogens with zero attached hydrogens (tertiary/aromatic N) is 3. The molecule has 2 rings (SSSR count). The molecule has 20 heavy (non-hydrogen) atoms. The smallest absolute Gasteiger partial charge is 0.296 e. The van der Waals surface area contributed by atoms with Gasteiger partial charge in [-0.05, 0) is 19.1 Å². The third-order valence-corrected chi connectivity index (χ3v) is 3.82. The first-order chi connectivity index (χ1) is 9.38. The van der Waals surface area contributed by atoms with Gasteiger partial charge in [0, 0.05) is 23.3 Å². The summed E-state index contributed by atoms with van der Waals surface area (Å²) in [6.07, 6.45) is 0. The zero-order valence-corrected chi connectivity index (χ0v) is 12.2. The molecule has 0 amide bonds. The van der Waals surface area contributed by atoms with Gasteiger partial charge in [0.25, 0.3) is 14.2 Å². The van der Waals surface area contributed by atoms with E-state index in [1.807, 2.05) is 0 Å². The molecule has 6 nitrogen and oxygen atoms in total. The van der Waals surface area contributed by atoms with Crippen LogP contribution in [0.15, 0.2) is 23.4 Å². The summed E-state index contributed by atoms with van der Waals surface area (Å²) < 4.78 is 42.9. The van der Waals surface area contributed by atoms with E-state index in [4.69, 9.17) is 15.4 Å². The molecule has 0 aliphatic heterocycles. The lowest BCUT2D eigenvalue weighted by molar-refractivity contribution is 0.411. The quantitative estimate of drug-likeness (QED) is 0.806. The predicted molar refractivity (Wildman–Crippen MR) is 70.7 cm³/mol. The predicted octanol–water partition coefficient (Wildman–Crippen LogP) is 2.04. The van der Waals surface area contributed by atoms with Gasteiger partial charge in [-0.3, -0.25) is 4.57 Å². The van der Waals surface area contributed by atoms with Crippen molar-refractivity contribution in [1.29, 1.82) is 0 Å². The molecule has 0 radical (unpaired) electrons. The van der Waals surface area contributed by atoms with Crippen molar-refractivity contribution in [2.24, 2.45) is 0 Å². The second-order valence-electron chi connectivity index (χ2n) is 3.83. The number of ether oxygens (including phenoxy) is 1. The second kappa shape index (κ2) is 5.37. The van der Waals surface area contributed by atoms with Gasteiger partial charge in [0.1, 0.15) is 11.6 Å². The molecule has 0 bridgehead atoms. The molecule has 1 aromatic carbocycles. The van der Waals surface area contributed by atoms with Gasteiger partial charge in [-0.15, -0.1) is 10.2 Å². The van der Waals surface area contributed by atoms with Crippen LogP contribution in [0.1, 0.15) is 6.92 Å². The lowest BCUT2D eigenvalue weighted by Gasteiger charge is -2.07. The Bertz CT molecular complexity index is 745. The maximum atomic E-state index is 14.0. The number of aromatic nitrogens is 3. The first-order valence-corrected chi connectivity index (χ1v) is 7.91. The monoisotopic (exact) mass is 319 g/mol. The summed E-state index contributed by atoms with van der Waals surface area (Å²) in [4.78, 5) is 0. The van der Waals surface area contributed by atoms with E-state index < -0.39 is 20.0 Å². The topological polar surface area (TPSA) is 74.1 Å². The molecule has 9 heteroatoms. The summed E-state index contributed by atoms with van der Waals surface area (Å²) in [5, 5.41) is 6.81. The van der Waals surface area contributed by atoms with Gasteiger partial charge < -0.3 is 4.74 Å². The molecule has 0 N–H and O–H groups in total. The van der Waals surface area contributed by atoms with Crippen molar-refractivity contribution < 1.29 is 17.5 Å². The van der Waals surface area contributed by atoms with Crippen molar-refractivity contribution in [1.82, 2.24) is 14.8 Å². The first-order valence-electron chi connectivity index (χ1n) is 5.60. The van der Waals surface area contributed by atoms with Gasteiger partial charge in [0.2, 0.25) is 0 Å². The van der Waals surface area contributed by atoms with Crippen molar-refractivity contribution in [3.8, 4) is 17.1 Å². The number of benzene rings is 1. The summed E-state index contributed by atoms with van der Waals surface area (Å²) in [6, 6.07) is 4.16. The van der Waals surface area contributed by atoms with E-state index in [1.54, 1.807) is 13.0 Å². The van der Waals surface area contributed by atoms with Crippen molar-refractivity contribution in [2.75, 3.05) is 7.11 Å². The summed E-state index contributed by atoms with van der Waals surface area (Å²) in [5.41, 5.74) is 0.117. The van der Waals surface area contributed by atoms with Crippen molar-refractivity contribution in [3.63, 3.8) is 0 Å². The zero-order chi connectivity index (χ0) is 14.9. The normalized spacial score (nSPS) is 11.6. The van der Waals surface area contributed by atoms with Crippen LogP contribution < -0.4 is 4.74 Å². The molecule has 108 valence electrons. The lowest BCUT2D eigenvalue weighted by atomic mass is 10.2. The largest absolute Gasteiger partial charge is 0.497 e. The van der Waals surface area contributed by atoms with E-state index in [-0.39, 0.29) is 17.9 Å². The minimum atomic E-state index is -4.04. The Morgan fingerprint density at radius 1 is 1.40 bits per heavy atom. The molecular weight excluding hydrogens is 309 g/mol. The van der Waals surface area contributed by atoms with Gasteiger partial charge >= 0.3 is 0 Å². The van der Waals surface area contributed by atoms with Crippen LogP contribution in [0, 0.1) is 5.82 Å². The zero-order valence-electron chi connectivity index (χ0n) is 10.7. The highest BCUT2D eigenvalue weighted by atomic mass is 35.7. The minimum absolute atomic E-state index is 0.0897. The first kappa shape index (κ1) is 14.7. The van der Waals surface area contributed by atoms with E-state index in [0.717, 1.165) is 0 Å². The summed E-state index contributed by atoms with van der Waals surface area (Å²) >= 11 is 0. The Labute approximate surface area is 119 Å². The number of methoxy groups -OCH3 is 1. The SMILES string of the molecule is CCn1c(-c2ccc(OC)cc2F)nnc1S(=O)(=O)Cl. The molecule has 0 atom stereocenters. The summed E-state index contributed by atoms with van der Waals surface area (Å²) in [7, 11) is 2.64. The maximum Gasteiger partial charge on any atom is 0.296 e. The van der Waals surface area contributed by atoms with E-state index in [9.17, 15) is 12.8 Å². The fraction of sp³-hybridized carbons (Fsp3) is 0.273. The Morgan fingerprint density at radius 3 is 2.60 bits per heavy atom. The number of hydrogen-bond donors (Lipinski definition) is 0. The number of rotatable bonds is 4. The van der Waals surface area contributed by atoms with Crippen LogP contribution >= 0.6 is 10.7 Å². The van der Waals surface area contributed by atoms with Crippen molar-refractivity contribution >= 4 is 19.7 Å². The van der Waals surface area contributed by atoms with Crippen molar-refractivity contribution in [3.05, 3.63) is 24.0 Å². The molecule has 0 saturated carbocycles. The van der Waals surface area contributed by atoms with Gasteiger partial charge in [-0.2, -0.15) is 0 Å². The van der Waals surface area contributed by atoms with E-state index in [1.165, 1.54) is 23.8 Å². The molecule has 0 fully saturated rings. The van der Waals surface area contributed by atoms with Crippen LogP contribution in [-0.4, -0.2) is 30.3 Å². The van der Waals surface area contributed by atoms with E-state index in [0.29, 0.717) is 5.75 Å². The van der Waals surface area contributed by atoms with E-state index in [2.05, 4.69) is 10.2 Å². The van der Waals surface area contributed by atoms with Crippen LogP contribution in [0.4, 0.5) is 4.39 Å². The average molecular weight is 320 g/mol. The minimum Gasteiger partial charge on any atom is -0.497 e. The van der Waals surface area contributed by atoms with Crippen LogP contribution in [0.2, 0.25) is 0 Å². The third-order valence-electron chi connectivity index (χ3n) is 2.67. The van der Waals surface area contributed by atoms with Crippen LogP contribution in [0.3, 0.4) is 0 Å². The Kier molecular flexibility index (Phi) is 3.96.